The number of carbonyl (C=O) groups excluding carboxylic acids is 10. The first-order valence-electron chi connectivity index (χ1n) is 28.9. The van der Waals surface area contributed by atoms with Crippen LogP contribution in [0, 0.1) is 23.7 Å². The predicted molar refractivity (Wildman–Crippen MR) is 300 cm³/mol. The van der Waals surface area contributed by atoms with Crippen molar-refractivity contribution in [2.45, 2.75) is 151 Å². The molecule has 454 valence electrons. The first kappa shape index (κ1) is 61.7. The number of imide groups is 1. The zero-order chi connectivity index (χ0) is 60.9. The van der Waals surface area contributed by atoms with E-state index in [2.05, 4.69) is 33.1 Å². The molecule has 9 rings (SSSR count). The van der Waals surface area contributed by atoms with E-state index in [0.29, 0.717) is 61.7 Å². The largest absolute Gasteiger partial charge is 0.453 e. The lowest BCUT2D eigenvalue weighted by molar-refractivity contribution is -0.144. The molecule has 5 heterocycles. The normalized spacial score (nSPS) is 22.2. The number of alkyl halides is 2. The number of hydrogen-bond acceptors (Lipinski definition) is 12. The van der Waals surface area contributed by atoms with Crippen molar-refractivity contribution in [3.8, 4) is 11.8 Å². The van der Waals surface area contributed by atoms with Crippen molar-refractivity contribution < 1.29 is 75.8 Å². The molecule has 0 aromatic heterocycles. The lowest BCUT2D eigenvalue weighted by atomic mass is 9.82. The quantitative estimate of drug-likeness (QED) is 0.0612. The highest BCUT2D eigenvalue weighted by atomic mass is 31.2. The summed E-state index contributed by atoms with van der Waals surface area (Å²) in [6, 6.07) is 5.76. The van der Waals surface area contributed by atoms with Gasteiger partial charge >= 0.3 is 19.4 Å². The molecule has 4 saturated heterocycles. The van der Waals surface area contributed by atoms with E-state index in [1.54, 1.807) is 17.0 Å². The molecule has 3 aromatic carbocycles. The van der Waals surface area contributed by atoms with Crippen LogP contribution in [0.5, 0.6) is 0 Å². The summed E-state index contributed by atoms with van der Waals surface area (Å²) in [4.78, 5) is 160. The molecule has 10 amide bonds. The number of halogens is 2. The van der Waals surface area contributed by atoms with E-state index in [-0.39, 0.29) is 98.5 Å². The van der Waals surface area contributed by atoms with E-state index in [9.17, 15) is 71.1 Å². The molecule has 6 atom stereocenters. The van der Waals surface area contributed by atoms with Crippen molar-refractivity contribution >= 4 is 77.6 Å². The number of nitrogens with two attached hydrogens (primary N) is 1. The third kappa shape index (κ3) is 13.8. The Bertz CT molecular complexity index is 3280. The number of nitrogens with one attached hydrogen (secondary N) is 4. The number of benzene rings is 3. The van der Waals surface area contributed by atoms with E-state index in [4.69, 9.17) is 10.5 Å². The summed E-state index contributed by atoms with van der Waals surface area (Å²) in [6.45, 7) is 0.705. The van der Waals surface area contributed by atoms with Crippen LogP contribution in [0.1, 0.15) is 140 Å². The Morgan fingerprint density at radius 3 is 2.31 bits per heavy atom. The Morgan fingerprint density at radius 2 is 1.60 bits per heavy atom. The summed E-state index contributed by atoms with van der Waals surface area (Å²) >= 11 is 0. The number of likely N-dealkylation sites (tertiary alicyclic amines) is 1. The zero-order valence-corrected chi connectivity index (χ0v) is 47.9. The van der Waals surface area contributed by atoms with Gasteiger partial charge in [0.2, 0.25) is 41.4 Å². The van der Waals surface area contributed by atoms with Gasteiger partial charge in [-0.25, -0.2) is 4.79 Å². The van der Waals surface area contributed by atoms with Crippen molar-refractivity contribution in [2.75, 3.05) is 33.3 Å². The highest BCUT2D eigenvalue weighted by Crippen LogP contribution is 2.59. The average molecular weight is 1200 g/mol. The second-order valence-electron chi connectivity index (χ2n) is 22.9. The molecule has 85 heavy (non-hydrogen) atoms. The van der Waals surface area contributed by atoms with E-state index < -0.39 is 103 Å². The highest BCUT2D eigenvalue weighted by Gasteiger charge is 2.51. The monoisotopic (exact) mass is 1200 g/mol. The van der Waals surface area contributed by atoms with Crippen LogP contribution in [0.3, 0.4) is 0 Å². The van der Waals surface area contributed by atoms with Gasteiger partial charge in [-0.15, -0.1) is 0 Å². The topological polar surface area (TPSA) is 325 Å². The number of primary amides is 1. The third-order valence-electron chi connectivity index (χ3n) is 17.5. The summed E-state index contributed by atoms with van der Waals surface area (Å²) in [7, 11) is -4.78. The summed E-state index contributed by atoms with van der Waals surface area (Å²) in [6.07, 6.45) is 6.31. The maximum Gasteiger partial charge on any atom is 0.409 e. The number of nitrogens with zero attached hydrogens (tertiary/aromatic N) is 4. The molecule has 0 radical (unpaired) electrons. The van der Waals surface area contributed by atoms with Crippen LogP contribution in [0.25, 0.3) is 10.8 Å². The van der Waals surface area contributed by atoms with Crippen LogP contribution in [-0.2, 0) is 55.1 Å². The Morgan fingerprint density at radius 1 is 0.871 bits per heavy atom. The first-order valence-corrected chi connectivity index (χ1v) is 30.5. The number of fused-ring (bicyclic) bond motifs is 3. The summed E-state index contributed by atoms with van der Waals surface area (Å²) in [5.41, 5.74) is 1.83. The number of hydrogen-bond donors (Lipinski definition) is 7. The summed E-state index contributed by atoms with van der Waals surface area (Å²) in [5.74, 6) is 1.27. The van der Waals surface area contributed by atoms with Gasteiger partial charge in [-0.2, -0.15) is 8.78 Å². The van der Waals surface area contributed by atoms with Crippen molar-refractivity contribution in [1.82, 2.24) is 40.9 Å². The summed E-state index contributed by atoms with van der Waals surface area (Å²) < 4.78 is 46.0. The van der Waals surface area contributed by atoms with Crippen LogP contribution in [0.2, 0.25) is 0 Å². The average Bonchev–Trinajstić information content (AvgIpc) is 3.15. The van der Waals surface area contributed by atoms with Gasteiger partial charge in [0.15, 0.2) is 0 Å². The smallest absolute Gasteiger partial charge is 0.409 e. The molecular formula is C59H70F2N9O14P. The highest BCUT2D eigenvalue weighted by molar-refractivity contribution is 7.52. The molecule has 0 bridgehead atoms. The molecule has 1 aliphatic carbocycles. The molecule has 5 aliphatic heterocycles. The fourth-order valence-electron chi connectivity index (χ4n) is 12.7. The molecular weight excluding hydrogens is 1130 g/mol. The number of methoxy groups -OCH3 is 1. The van der Waals surface area contributed by atoms with Crippen molar-refractivity contribution in [3.63, 3.8) is 0 Å². The number of piperidine rings is 2. The second kappa shape index (κ2) is 26.2. The van der Waals surface area contributed by atoms with E-state index >= 15 is 0 Å². The van der Waals surface area contributed by atoms with Crippen LogP contribution in [0.4, 0.5) is 13.6 Å². The van der Waals surface area contributed by atoms with Gasteiger partial charge in [-0.3, -0.25) is 53.0 Å². The summed E-state index contributed by atoms with van der Waals surface area (Å²) in [5, 5.41) is 11.0. The van der Waals surface area contributed by atoms with Gasteiger partial charge in [0, 0.05) is 73.7 Å². The SMILES string of the molecule is COC(=O)N1CC[C@H]2CC[C@@H](C(=O)NC(CCC(N)=O)C(=O)NC(C(=O)N3CCC(CCC#Cc4cccc5c4CN(C4CCC(=O)NC4=O)C5=O)CC3)C3CCCCC3)N2C(=O)[C@@H](NC(=O)c2ccc3ccc(C(F)(F)P(=O)(O)O)cc3c2)C1. The van der Waals surface area contributed by atoms with Gasteiger partial charge in [0.05, 0.1) is 13.7 Å². The minimum absolute atomic E-state index is 0.0219. The van der Waals surface area contributed by atoms with Crippen molar-refractivity contribution in [3.05, 3.63) is 82.4 Å². The van der Waals surface area contributed by atoms with Crippen molar-refractivity contribution in [2.24, 2.45) is 17.6 Å². The lowest BCUT2D eigenvalue weighted by Gasteiger charge is -2.39. The Kier molecular flexibility index (Phi) is 19.0. The van der Waals surface area contributed by atoms with Crippen LogP contribution in [-0.4, -0.2) is 158 Å². The molecule has 23 nitrogen and oxygen atoms in total. The number of ether oxygens (including phenoxy) is 1. The number of carbonyl (C=O) groups is 10. The fourth-order valence-corrected chi connectivity index (χ4v) is 13.2. The van der Waals surface area contributed by atoms with Gasteiger partial charge in [0.1, 0.15) is 30.2 Å². The molecule has 0 spiro atoms. The molecule has 1 saturated carbocycles. The zero-order valence-electron chi connectivity index (χ0n) is 47.0. The minimum atomic E-state index is -5.93. The van der Waals surface area contributed by atoms with Gasteiger partial charge in [-0.05, 0) is 123 Å². The Hall–Kier alpha value is -7.81. The molecule has 26 heteroatoms. The van der Waals surface area contributed by atoms with E-state index in [0.717, 1.165) is 50.5 Å². The van der Waals surface area contributed by atoms with Gasteiger partial charge in [0.25, 0.3) is 11.8 Å². The van der Waals surface area contributed by atoms with Crippen molar-refractivity contribution in [1.29, 1.82) is 0 Å². The Balaban J connectivity index is 0.849. The molecule has 5 fully saturated rings. The van der Waals surface area contributed by atoms with Gasteiger partial charge < -0.3 is 55.8 Å². The standard InChI is InChI=1S/C59H70F2N9O14P/c1-84-58(80)68-29-26-41-18-20-47(70(41)56(78)45(33-68)64-51(73)38-15-14-35-16-17-40(31-39(35)30-38)59(60,61)85(81,82)83)54(76)63-44(19-22-48(62)71)52(74)66-50(37-10-3-2-4-11-37)57(79)67-27-24-34(25-28-67)8-5-6-9-36-12-7-13-42-43(36)32-69(55(42)77)46-21-23-49(72)65-53(46)75/h7,12-17,30-31,34,37,41,44-47,50H,2-5,8,10-11,18-29,32-33H2,1H3,(H2,62,71)(H,63,76)(H,64,73)(H,66,74)(H,65,72,75)(H2,81,82,83)/t41-,44?,45+,46?,47+,50?/m1/s1. The molecule has 8 N–H and O–H groups in total. The number of amides is 10. The van der Waals surface area contributed by atoms with Crippen LogP contribution < -0.4 is 27.0 Å². The first-order chi connectivity index (χ1) is 40.5. The molecule has 6 aliphatic rings. The maximum atomic E-state index is 14.8. The Labute approximate surface area is 489 Å². The van der Waals surface area contributed by atoms with E-state index in [1.165, 1.54) is 39.0 Å². The molecule has 3 unspecified atom stereocenters. The van der Waals surface area contributed by atoms with Crippen LogP contribution in [0.15, 0.2) is 54.6 Å². The number of rotatable bonds is 16. The maximum absolute atomic E-state index is 14.8. The second-order valence-corrected chi connectivity index (χ2v) is 24.5. The van der Waals surface area contributed by atoms with Crippen LogP contribution >= 0.6 is 7.60 Å². The third-order valence-corrected chi connectivity index (χ3v) is 18.4. The minimum Gasteiger partial charge on any atom is -0.453 e. The fraction of sp³-hybridized carbons (Fsp3) is 0.525. The predicted octanol–water partition coefficient (Wildman–Crippen LogP) is 3.64. The van der Waals surface area contributed by atoms with Gasteiger partial charge in [-0.1, -0.05) is 55.4 Å². The lowest BCUT2D eigenvalue weighted by Crippen LogP contribution is -2.62. The van der Waals surface area contributed by atoms with E-state index in [1.807, 2.05) is 6.07 Å². The molecule has 3 aromatic rings.